The highest BCUT2D eigenvalue weighted by Crippen LogP contribution is 2.42. The fourth-order valence-corrected chi connectivity index (χ4v) is 9.36. The summed E-state index contributed by atoms with van der Waals surface area (Å²) < 4.78 is 0. The summed E-state index contributed by atoms with van der Waals surface area (Å²) in [5, 5.41) is 18.4. The minimum Gasteiger partial charge on any atom is -0.310 e. The molecule has 0 spiro atoms. The van der Waals surface area contributed by atoms with Gasteiger partial charge in [0.1, 0.15) is 6.07 Å². The lowest BCUT2D eigenvalue weighted by atomic mass is 9.93. The molecule has 11 rings (SSSR count). The van der Waals surface area contributed by atoms with Crippen molar-refractivity contribution in [2.75, 3.05) is 9.80 Å². The molecule has 0 bridgehead atoms. The van der Waals surface area contributed by atoms with Gasteiger partial charge in [0.25, 0.3) is 0 Å². The zero-order valence-electron chi connectivity index (χ0n) is 37.0. The molecule has 0 aliphatic rings. The van der Waals surface area contributed by atoms with Gasteiger partial charge in [0.2, 0.25) is 5.69 Å². The fourth-order valence-electron chi connectivity index (χ4n) is 9.36. The van der Waals surface area contributed by atoms with Crippen LogP contribution in [-0.2, 0) is 0 Å². The van der Waals surface area contributed by atoms with Crippen molar-refractivity contribution in [2.45, 2.75) is 0 Å². The second-order valence-corrected chi connectivity index (χ2v) is 16.7. The smallest absolute Gasteiger partial charge is 0.202 e. The Balaban J connectivity index is 0.865. The monoisotopic (exact) mass is 866 g/mol. The Morgan fingerprint density at radius 2 is 0.750 bits per heavy atom. The van der Waals surface area contributed by atoms with Gasteiger partial charge in [-0.05, 0) is 121 Å². The molecule has 0 saturated carbocycles. The van der Waals surface area contributed by atoms with Crippen molar-refractivity contribution >= 4 is 107 Å². The number of nitriles is 1. The van der Waals surface area contributed by atoms with E-state index in [1.54, 1.807) is 0 Å². The highest BCUT2D eigenvalue weighted by atomic mass is 15.1. The first kappa shape index (κ1) is 41.2. The molecule has 0 unspecified atom stereocenters. The molecule has 0 atom stereocenters. The van der Waals surface area contributed by atoms with Gasteiger partial charge in [-0.25, -0.2) is 4.85 Å². The van der Waals surface area contributed by atoms with Crippen LogP contribution in [0.5, 0.6) is 0 Å². The summed E-state index contributed by atoms with van der Waals surface area (Å²) in [4.78, 5) is 8.65. The van der Waals surface area contributed by atoms with E-state index in [0.717, 1.165) is 77.9 Å². The van der Waals surface area contributed by atoms with Gasteiger partial charge in [-0.15, -0.1) is 0 Å². The topological polar surface area (TPSA) is 34.6 Å². The summed E-state index contributed by atoms with van der Waals surface area (Å²) in [6.07, 6.45) is 8.33. The van der Waals surface area contributed by atoms with Gasteiger partial charge in [-0.1, -0.05) is 188 Å². The lowest BCUT2D eigenvalue weighted by Crippen LogP contribution is -2.10. The minimum absolute atomic E-state index is 0.545. The largest absolute Gasteiger partial charge is 0.310 e. The van der Waals surface area contributed by atoms with E-state index < -0.39 is 0 Å². The summed E-state index contributed by atoms with van der Waals surface area (Å²) in [6.45, 7) is 8.31. The third-order valence-corrected chi connectivity index (χ3v) is 12.6. The van der Waals surface area contributed by atoms with Gasteiger partial charge in [-0.2, -0.15) is 5.26 Å². The van der Waals surface area contributed by atoms with Crippen LogP contribution >= 0.6 is 0 Å². The number of rotatable bonds is 10. The summed E-state index contributed by atoms with van der Waals surface area (Å²) >= 11 is 0. The molecule has 0 heterocycles. The zero-order chi connectivity index (χ0) is 45.8. The SMILES string of the molecule is [C-]#[N+]c1c2ccc(/C=C/c3ccc(N(c4ccccc4)c4cccc5ccccc45)cc3)cc2c(C#N)c2ccc(/C=C/c3ccc(N(c4ccccc4)c4cccc5ccccc45)cc3)cc12. The predicted octanol–water partition coefficient (Wildman–Crippen LogP) is 18.0. The molecule has 4 heteroatoms. The molecule has 11 aromatic rings. The number of hydrogen-bond donors (Lipinski definition) is 0. The van der Waals surface area contributed by atoms with Crippen LogP contribution in [0.4, 0.5) is 39.8 Å². The number of benzene rings is 11. The summed E-state index contributed by atoms with van der Waals surface area (Å²) in [7, 11) is 0. The number of para-hydroxylation sites is 2. The molecular formula is C64H42N4. The summed E-state index contributed by atoms with van der Waals surface area (Å²) in [5.74, 6) is 0. The standard InChI is InChI=1S/C64H42N4/c1-66-64-58-41-35-47(28-26-45-30-36-53(37-31-45)67(51-18-4-2-5-19-51)62-24-12-16-49-14-8-10-22-55(49)62)42-59(58)61(44-65)57-40-34-48(43-60(57)64)29-27-46-32-38-54(39-33-46)68(52-20-6-3-7-21-52)63-25-13-17-50-15-9-11-23-56(50)63/h2-43H/b28-26+,29-27+. The van der Waals surface area contributed by atoms with E-state index in [2.05, 4.69) is 227 Å². The molecule has 0 aliphatic heterocycles. The van der Waals surface area contributed by atoms with Crippen LogP contribution in [0.15, 0.2) is 231 Å². The third-order valence-electron chi connectivity index (χ3n) is 12.6. The highest BCUT2D eigenvalue weighted by molar-refractivity contribution is 6.16. The average molecular weight is 867 g/mol. The molecule has 4 nitrogen and oxygen atoms in total. The van der Waals surface area contributed by atoms with E-state index in [1.807, 2.05) is 48.5 Å². The van der Waals surface area contributed by atoms with Gasteiger partial charge < -0.3 is 9.80 Å². The first-order valence-corrected chi connectivity index (χ1v) is 22.7. The predicted molar refractivity (Wildman–Crippen MR) is 288 cm³/mol. The maximum absolute atomic E-state index is 10.6. The van der Waals surface area contributed by atoms with Crippen LogP contribution in [0.25, 0.3) is 72.2 Å². The van der Waals surface area contributed by atoms with Crippen molar-refractivity contribution in [2.24, 2.45) is 0 Å². The van der Waals surface area contributed by atoms with Gasteiger partial charge in [0, 0.05) is 33.5 Å². The van der Waals surface area contributed by atoms with E-state index in [1.165, 1.54) is 21.5 Å². The van der Waals surface area contributed by atoms with Crippen molar-refractivity contribution in [3.63, 3.8) is 0 Å². The van der Waals surface area contributed by atoms with E-state index >= 15 is 0 Å². The molecule has 0 amide bonds. The van der Waals surface area contributed by atoms with Crippen LogP contribution in [0.1, 0.15) is 27.8 Å². The fraction of sp³-hybridized carbons (Fsp3) is 0. The third kappa shape index (κ3) is 7.90. The van der Waals surface area contributed by atoms with Gasteiger partial charge in [0.15, 0.2) is 0 Å². The van der Waals surface area contributed by atoms with Crippen LogP contribution in [0.3, 0.4) is 0 Å². The summed E-state index contributed by atoms with van der Waals surface area (Å²) in [6, 6.07) is 82.5. The Kier molecular flexibility index (Phi) is 11.0. The van der Waals surface area contributed by atoms with Crippen molar-refractivity contribution in [3.05, 3.63) is 270 Å². The second kappa shape index (κ2) is 18.2. The molecule has 11 aromatic carbocycles. The maximum Gasteiger partial charge on any atom is 0.202 e. The highest BCUT2D eigenvalue weighted by Gasteiger charge is 2.18. The van der Waals surface area contributed by atoms with E-state index in [4.69, 9.17) is 6.57 Å². The molecule has 68 heavy (non-hydrogen) atoms. The van der Waals surface area contributed by atoms with Crippen LogP contribution in [0, 0.1) is 17.9 Å². The van der Waals surface area contributed by atoms with Crippen LogP contribution in [0.2, 0.25) is 0 Å². The average Bonchev–Trinajstić information content (AvgIpc) is 3.40. The summed E-state index contributed by atoms with van der Waals surface area (Å²) in [5.41, 5.74) is 11.6. The molecule has 0 aliphatic carbocycles. The lowest BCUT2D eigenvalue weighted by Gasteiger charge is -2.27. The Morgan fingerprint density at radius 1 is 0.353 bits per heavy atom. The number of anilines is 6. The van der Waals surface area contributed by atoms with Gasteiger partial charge in [0.05, 0.1) is 23.5 Å². The van der Waals surface area contributed by atoms with Gasteiger partial charge in [-0.3, -0.25) is 0 Å². The van der Waals surface area contributed by atoms with Crippen molar-refractivity contribution in [1.82, 2.24) is 0 Å². The second-order valence-electron chi connectivity index (χ2n) is 16.7. The molecular weight excluding hydrogens is 825 g/mol. The Hall–Kier alpha value is -9.48. The number of fused-ring (bicyclic) bond motifs is 4. The maximum atomic E-state index is 10.6. The molecule has 318 valence electrons. The normalized spacial score (nSPS) is 11.4. The molecule has 0 N–H and O–H groups in total. The first-order chi connectivity index (χ1) is 33.6. The Morgan fingerprint density at radius 3 is 1.24 bits per heavy atom. The van der Waals surface area contributed by atoms with Crippen molar-refractivity contribution < 1.29 is 0 Å². The van der Waals surface area contributed by atoms with Crippen LogP contribution in [-0.4, -0.2) is 0 Å². The van der Waals surface area contributed by atoms with E-state index in [-0.39, 0.29) is 0 Å². The zero-order valence-corrected chi connectivity index (χ0v) is 37.0. The number of hydrogen-bond acceptors (Lipinski definition) is 3. The molecule has 0 radical (unpaired) electrons. The minimum atomic E-state index is 0.545. The van der Waals surface area contributed by atoms with E-state index in [9.17, 15) is 5.26 Å². The van der Waals surface area contributed by atoms with Crippen molar-refractivity contribution in [3.8, 4) is 6.07 Å². The molecule has 0 saturated heterocycles. The van der Waals surface area contributed by atoms with Gasteiger partial charge >= 0.3 is 0 Å². The van der Waals surface area contributed by atoms with E-state index in [0.29, 0.717) is 11.3 Å². The Bertz CT molecular complexity index is 3540. The van der Waals surface area contributed by atoms with Crippen LogP contribution < -0.4 is 9.80 Å². The van der Waals surface area contributed by atoms with Crippen molar-refractivity contribution in [1.29, 1.82) is 5.26 Å². The molecule has 0 aromatic heterocycles. The first-order valence-electron chi connectivity index (χ1n) is 22.7. The lowest BCUT2D eigenvalue weighted by molar-refractivity contribution is 1.30. The molecule has 0 fully saturated rings. The Labute approximate surface area is 396 Å². The quantitative estimate of drug-likeness (QED) is 0.0780. The number of nitrogens with zero attached hydrogens (tertiary/aromatic N) is 4.